The molecule has 192 valence electrons. The second-order valence-electron chi connectivity index (χ2n) is 9.66. The molecule has 1 amide bonds. The number of halogens is 2. The standard InChI is InChI=1S/C27H29F2N7O/c1-16(2)36-17(3)11-20-21(28)12-18(13-23(20)36)26-22(29)15-31-27(33-26)32-24-6-5-19(14-30-24)35-10-9-34(4)8-7-25(35)37/h5-6,11-16H,7-10H2,1-4H3,(H,30,31,32,33). The van der Waals surface area contributed by atoms with Gasteiger partial charge in [-0.05, 0) is 58.2 Å². The van der Waals surface area contributed by atoms with Gasteiger partial charge >= 0.3 is 0 Å². The van der Waals surface area contributed by atoms with Crippen LogP contribution in [-0.2, 0) is 4.79 Å². The number of nitrogens with one attached hydrogen (secondary N) is 1. The highest BCUT2D eigenvalue weighted by Crippen LogP contribution is 2.32. The van der Waals surface area contributed by atoms with Crippen molar-refractivity contribution in [2.75, 3.05) is 36.9 Å². The second kappa shape index (κ2) is 9.85. The number of fused-ring (bicyclic) bond motifs is 1. The molecular formula is C27H29F2N7O. The van der Waals surface area contributed by atoms with Crippen molar-refractivity contribution in [1.82, 2.24) is 24.4 Å². The van der Waals surface area contributed by atoms with E-state index in [0.29, 0.717) is 40.9 Å². The summed E-state index contributed by atoms with van der Waals surface area (Å²) in [5, 5.41) is 3.46. The Morgan fingerprint density at radius 1 is 1.00 bits per heavy atom. The highest BCUT2D eigenvalue weighted by Gasteiger charge is 2.21. The maximum atomic E-state index is 15.0. The normalized spacial score (nSPS) is 15.0. The lowest BCUT2D eigenvalue weighted by atomic mass is 10.1. The van der Waals surface area contributed by atoms with Crippen LogP contribution >= 0.6 is 0 Å². The van der Waals surface area contributed by atoms with E-state index >= 15 is 0 Å². The number of aryl methyl sites for hydroxylation is 1. The number of likely N-dealkylation sites (N-methyl/N-ethyl adjacent to an activating group) is 1. The van der Waals surface area contributed by atoms with E-state index in [1.165, 1.54) is 6.07 Å². The molecule has 8 nitrogen and oxygen atoms in total. The number of anilines is 3. The van der Waals surface area contributed by atoms with Crippen molar-refractivity contribution < 1.29 is 13.6 Å². The number of amides is 1. The summed E-state index contributed by atoms with van der Waals surface area (Å²) in [7, 11) is 1.99. The molecule has 0 spiro atoms. The smallest absolute Gasteiger partial charge is 0.229 e. The molecule has 0 bridgehead atoms. The molecule has 4 aromatic rings. The molecule has 37 heavy (non-hydrogen) atoms. The summed E-state index contributed by atoms with van der Waals surface area (Å²) < 4.78 is 31.8. The third-order valence-electron chi connectivity index (χ3n) is 6.65. The number of hydrogen-bond acceptors (Lipinski definition) is 6. The number of hydrogen-bond donors (Lipinski definition) is 1. The fourth-order valence-corrected chi connectivity index (χ4v) is 4.80. The monoisotopic (exact) mass is 505 g/mol. The van der Waals surface area contributed by atoms with Gasteiger partial charge in [-0.1, -0.05) is 0 Å². The number of nitrogens with zero attached hydrogens (tertiary/aromatic N) is 6. The van der Waals surface area contributed by atoms with Crippen molar-refractivity contribution in [3.05, 3.63) is 60.1 Å². The number of pyridine rings is 1. The Morgan fingerprint density at radius 3 is 2.54 bits per heavy atom. The fraction of sp³-hybridized carbons (Fsp3) is 0.333. The van der Waals surface area contributed by atoms with Gasteiger partial charge < -0.3 is 19.7 Å². The highest BCUT2D eigenvalue weighted by molar-refractivity contribution is 5.93. The zero-order valence-electron chi connectivity index (χ0n) is 21.3. The SMILES string of the molecule is Cc1cc2c(F)cc(-c3nc(Nc4ccc(N5CCN(C)CCC5=O)cn4)ncc3F)cc2n1C(C)C. The average Bonchev–Trinajstić information content (AvgIpc) is 3.11. The zero-order valence-corrected chi connectivity index (χ0v) is 21.3. The van der Waals surface area contributed by atoms with E-state index in [9.17, 15) is 13.6 Å². The molecule has 0 aliphatic carbocycles. The Hall–Kier alpha value is -3.92. The van der Waals surface area contributed by atoms with Gasteiger partial charge in [0.25, 0.3) is 0 Å². The van der Waals surface area contributed by atoms with Gasteiger partial charge in [0.15, 0.2) is 5.82 Å². The number of rotatable bonds is 5. The Labute approximate surface area is 214 Å². The minimum absolute atomic E-state index is 0.0108. The van der Waals surface area contributed by atoms with E-state index < -0.39 is 11.6 Å². The van der Waals surface area contributed by atoms with Gasteiger partial charge in [0.1, 0.15) is 17.3 Å². The van der Waals surface area contributed by atoms with Crippen molar-refractivity contribution in [2.24, 2.45) is 0 Å². The summed E-state index contributed by atoms with van der Waals surface area (Å²) >= 11 is 0. The highest BCUT2D eigenvalue weighted by atomic mass is 19.1. The fourth-order valence-electron chi connectivity index (χ4n) is 4.80. The number of carbonyl (C=O) groups is 1. The predicted octanol–water partition coefficient (Wildman–Crippen LogP) is 5.07. The Kier molecular flexibility index (Phi) is 6.59. The third kappa shape index (κ3) is 4.89. The molecule has 1 N–H and O–H groups in total. The van der Waals surface area contributed by atoms with Crippen molar-refractivity contribution in [3.8, 4) is 11.3 Å². The Bertz CT molecular complexity index is 1470. The summed E-state index contributed by atoms with van der Waals surface area (Å²) in [6.07, 6.45) is 3.12. The Balaban J connectivity index is 1.42. The van der Waals surface area contributed by atoms with E-state index in [2.05, 4.69) is 25.2 Å². The van der Waals surface area contributed by atoms with Crippen molar-refractivity contribution >= 4 is 34.3 Å². The molecule has 4 heterocycles. The van der Waals surface area contributed by atoms with Gasteiger partial charge in [0.2, 0.25) is 11.9 Å². The van der Waals surface area contributed by atoms with Crippen LogP contribution in [0.3, 0.4) is 0 Å². The van der Waals surface area contributed by atoms with Gasteiger partial charge in [0.05, 0.1) is 23.6 Å². The van der Waals surface area contributed by atoms with Gasteiger partial charge in [-0.15, -0.1) is 0 Å². The van der Waals surface area contributed by atoms with E-state index in [1.807, 2.05) is 32.4 Å². The first-order valence-corrected chi connectivity index (χ1v) is 12.3. The molecule has 1 aliphatic rings. The lowest BCUT2D eigenvalue weighted by Gasteiger charge is -2.20. The predicted molar refractivity (Wildman–Crippen MR) is 140 cm³/mol. The quantitative estimate of drug-likeness (QED) is 0.408. The first-order valence-electron chi connectivity index (χ1n) is 12.3. The molecule has 0 radical (unpaired) electrons. The van der Waals surface area contributed by atoms with E-state index in [4.69, 9.17) is 0 Å². The maximum Gasteiger partial charge on any atom is 0.229 e. The topological polar surface area (TPSA) is 79.2 Å². The van der Waals surface area contributed by atoms with Crippen LogP contribution in [0.4, 0.5) is 26.2 Å². The van der Waals surface area contributed by atoms with Crippen LogP contribution in [0.25, 0.3) is 22.2 Å². The molecule has 1 saturated heterocycles. The van der Waals surface area contributed by atoms with Gasteiger partial charge in [-0.3, -0.25) is 4.79 Å². The Morgan fingerprint density at radius 2 is 1.81 bits per heavy atom. The third-order valence-corrected chi connectivity index (χ3v) is 6.65. The summed E-state index contributed by atoms with van der Waals surface area (Å²) in [4.78, 5) is 29.1. The maximum absolute atomic E-state index is 15.0. The van der Waals surface area contributed by atoms with Crippen LogP contribution in [0.2, 0.25) is 0 Å². The summed E-state index contributed by atoms with van der Waals surface area (Å²) in [6, 6.07) is 8.47. The summed E-state index contributed by atoms with van der Waals surface area (Å²) in [5.74, 6) is -0.473. The summed E-state index contributed by atoms with van der Waals surface area (Å²) in [6.45, 7) is 8.06. The van der Waals surface area contributed by atoms with E-state index in [1.54, 1.807) is 35.4 Å². The van der Waals surface area contributed by atoms with Crippen molar-refractivity contribution in [3.63, 3.8) is 0 Å². The van der Waals surface area contributed by atoms with Gasteiger partial charge in [-0.2, -0.15) is 0 Å². The second-order valence-corrected chi connectivity index (χ2v) is 9.66. The first-order chi connectivity index (χ1) is 17.7. The van der Waals surface area contributed by atoms with Crippen LogP contribution in [-0.4, -0.2) is 57.0 Å². The van der Waals surface area contributed by atoms with Crippen LogP contribution in [0.15, 0.2) is 42.7 Å². The number of carbonyl (C=O) groups excluding carboxylic acids is 1. The molecule has 3 aromatic heterocycles. The molecule has 5 rings (SSSR count). The number of benzene rings is 1. The van der Waals surface area contributed by atoms with Crippen molar-refractivity contribution in [1.29, 1.82) is 0 Å². The molecule has 1 aromatic carbocycles. The lowest BCUT2D eigenvalue weighted by molar-refractivity contribution is -0.118. The minimum atomic E-state index is -0.656. The minimum Gasteiger partial charge on any atom is -0.342 e. The first kappa shape index (κ1) is 24.8. The van der Waals surface area contributed by atoms with Crippen LogP contribution in [0.1, 0.15) is 32.0 Å². The molecule has 10 heteroatoms. The van der Waals surface area contributed by atoms with E-state index in [-0.39, 0.29) is 23.6 Å². The van der Waals surface area contributed by atoms with Gasteiger partial charge in [-0.25, -0.2) is 23.7 Å². The van der Waals surface area contributed by atoms with E-state index in [0.717, 1.165) is 25.0 Å². The molecule has 0 unspecified atom stereocenters. The zero-order chi connectivity index (χ0) is 26.3. The lowest BCUT2D eigenvalue weighted by Crippen LogP contribution is -2.32. The molecule has 0 atom stereocenters. The van der Waals surface area contributed by atoms with Crippen molar-refractivity contribution in [2.45, 2.75) is 33.2 Å². The van der Waals surface area contributed by atoms with Crippen LogP contribution < -0.4 is 10.2 Å². The average molecular weight is 506 g/mol. The molecule has 1 fully saturated rings. The van der Waals surface area contributed by atoms with Crippen LogP contribution in [0, 0.1) is 18.6 Å². The van der Waals surface area contributed by atoms with Crippen LogP contribution in [0.5, 0.6) is 0 Å². The number of aromatic nitrogens is 4. The van der Waals surface area contributed by atoms with Gasteiger partial charge in [0, 0.05) is 48.7 Å². The largest absolute Gasteiger partial charge is 0.342 e. The molecule has 1 aliphatic heterocycles. The molecular weight excluding hydrogens is 476 g/mol. The summed E-state index contributed by atoms with van der Waals surface area (Å²) in [5.41, 5.74) is 2.62. The molecule has 0 saturated carbocycles.